The van der Waals surface area contributed by atoms with Crippen LogP contribution in [0.4, 0.5) is 5.69 Å². The van der Waals surface area contributed by atoms with Gasteiger partial charge in [0, 0.05) is 15.7 Å². The molecule has 1 saturated carbocycles. The molecule has 0 unspecified atom stereocenters. The van der Waals surface area contributed by atoms with Crippen LogP contribution >= 0.6 is 15.9 Å². The van der Waals surface area contributed by atoms with Crippen LogP contribution in [0.2, 0.25) is 0 Å². The summed E-state index contributed by atoms with van der Waals surface area (Å²) < 4.78 is 0.775. The third-order valence-electron chi connectivity index (χ3n) is 3.23. The number of halogens is 1. The first kappa shape index (κ1) is 13.4. The Morgan fingerprint density at radius 3 is 2.72 bits per heavy atom. The van der Waals surface area contributed by atoms with Crippen molar-refractivity contribution in [1.82, 2.24) is 5.32 Å². The molecule has 1 aromatic rings. The number of aliphatic hydroxyl groups excluding tert-OH is 1. The Kier molecular flexibility index (Phi) is 4.24. The highest BCUT2D eigenvalue weighted by Gasteiger charge is 2.24. The number of rotatable bonds is 2. The van der Waals surface area contributed by atoms with E-state index >= 15 is 0 Å². The summed E-state index contributed by atoms with van der Waals surface area (Å²) >= 11 is 3.31. The molecule has 4 nitrogen and oxygen atoms in total. The maximum absolute atomic E-state index is 12.1. The van der Waals surface area contributed by atoms with Crippen molar-refractivity contribution in [3.05, 3.63) is 28.2 Å². The van der Waals surface area contributed by atoms with Crippen molar-refractivity contribution in [3.63, 3.8) is 0 Å². The molecule has 2 atom stereocenters. The van der Waals surface area contributed by atoms with E-state index in [0.29, 0.717) is 11.3 Å². The van der Waals surface area contributed by atoms with Crippen molar-refractivity contribution in [3.8, 4) is 0 Å². The lowest BCUT2D eigenvalue weighted by atomic mass is 9.92. The summed E-state index contributed by atoms with van der Waals surface area (Å²) in [5.41, 5.74) is 6.75. The zero-order chi connectivity index (χ0) is 13.1. The van der Waals surface area contributed by atoms with E-state index in [2.05, 4.69) is 21.2 Å². The van der Waals surface area contributed by atoms with Crippen molar-refractivity contribution >= 4 is 27.5 Å². The van der Waals surface area contributed by atoms with Gasteiger partial charge in [-0.15, -0.1) is 0 Å². The Balaban J connectivity index is 2.06. The quantitative estimate of drug-likeness (QED) is 0.732. The van der Waals surface area contributed by atoms with Crippen molar-refractivity contribution in [1.29, 1.82) is 0 Å². The molecule has 1 aliphatic carbocycles. The summed E-state index contributed by atoms with van der Waals surface area (Å²) in [5, 5.41) is 12.7. The number of anilines is 1. The van der Waals surface area contributed by atoms with E-state index < -0.39 is 6.10 Å². The molecule has 4 N–H and O–H groups in total. The summed E-state index contributed by atoms with van der Waals surface area (Å²) in [7, 11) is 0. The number of nitrogens with one attached hydrogen (secondary N) is 1. The molecular formula is C13H17BrN2O2. The Morgan fingerprint density at radius 2 is 2.06 bits per heavy atom. The zero-order valence-corrected chi connectivity index (χ0v) is 11.6. The van der Waals surface area contributed by atoms with Crippen LogP contribution in [-0.4, -0.2) is 23.2 Å². The molecule has 0 spiro atoms. The molecule has 1 aliphatic rings. The van der Waals surface area contributed by atoms with Crippen LogP contribution < -0.4 is 11.1 Å². The van der Waals surface area contributed by atoms with Crippen molar-refractivity contribution in [2.75, 3.05) is 5.73 Å². The van der Waals surface area contributed by atoms with Gasteiger partial charge in [-0.05, 0) is 31.0 Å². The van der Waals surface area contributed by atoms with E-state index in [1.54, 1.807) is 18.2 Å². The Hall–Kier alpha value is -1.07. The lowest BCUT2D eigenvalue weighted by Gasteiger charge is -2.28. The number of carbonyl (C=O) groups is 1. The summed E-state index contributed by atoms with van der Waals surface area (Å²) in [4.78, 5) is 12.1. The van der Waals surface area contributed by atoms with Gasteiger partial charge in [0.25, 0.3) is 5.91 Å². The minimum atomic E-state index is -0.438. The van der Waals surface area contributed by atoms with Crippen LogP contribution in [0.5, 0.6) is 0 Å². The minimum Gasteiger partial charge on any atom is -0.399 e. The first-order chi connectivity index (χ1) is 8.56. The van der Waals surface area contributed by atoms with E-state index in [9.17, 15) is 9.90 Å². The van der Waals surface area contributed by atoms with Gasteiger partial charge in [-0.25, -0.2) is 0 Å². The molecule has 2 rings (SSSR count). The molecule has 1 aromatic carbocycles. The molecule has 98 valence electrons. The molecule has 0 heterocycles. The maximum atomic E-state index is 12.1. The highest BCUT2D eigenvalue weighted by atomic mass is 79.9. The summed E-state index contributed by atoms with van der Waals surface area (Å²) in [6.07, 6.45) is 3.22. The number of nitrogens with two attached hydrogens (primary N) is 1. The topological polar surface area (TPSA) is 75.4 Å². The lowest BCUT2D eigenvalue weighted by Crippen LogP contribution is -2.45. The van der Waals surface area contributed by atoms with Gasteiger partial charge in [0.1, 0.15) is 0 Å². The molecule has 1 amide bonds. The number of nitrogen functional groups attached to an aromatic ring is 1. The largest absolute Gasteiger partial charge is 0.399 e. The summed E-state index contributed by atoms with van der Waals surface area (Å²) in [6, 6.07) is 4.95. The van der Waals surface area contributed by atoms with Gasteiger partial charge in [0.2, 0.25) is 0 Å². The first-order valence-corrected chi connectivity index (χ1v) is 6.90. The van der Waals surface area contributed by atoms with Crippen LogP contribution in [0, 0.1) is 0 Å². The number of hydrogen-bond donors (Lipinski definition) is 3. The average molecular weight is 313 g/mol. The second-order valence-electron chi connectivity index (χ2n) is 4.70. The third-order valence-corrected chi connectivity index (χ3v) is 3.69. The highest BCUT2D eigenvalue weighted by molar-refractivity contribution is 9.10. The predicted octanol–water partition coefficient (Wildman–Crippen LogP) is 2.06. The first-order valence-electron chi connectivity index (χ1n) is 6.11. The molecule has 1 fully saturated rings. The van der Waals surface area contributed by atoms with Crippen LogP contribution in [0.3, 0.4) is 0 Å². The van der Waals surface area contributed by atoms with E-state index in [1.165, 1.54) is 0 Å². The second-order valence-corrected chi connectivity index (χ2v) is 5.62. The summed E-state index contributed by atoms with van der Waals surface area (Å²) in [6.45, 7) is 0. The third kappa shape index (κ3) is 3.23. The Morgan fingerprint density at radius 1 is 1.33 bits per heavy atom. The fraction of sp³-hybridized carbons (Fsp3) is 0.462. The van der Waals surface area contributed by atoms with Gasteiger partial charge in [-0.2, -0.15) is 0 Å². The normalized spacial score (nSPS) is 23.7. The smallest absolute Gasteiger partial charge is 0.251 e. The lowest BCUT2D eigenvalue weighted by molar-refractivity contribution is 0.0717. The number of carbonyl (C=O) groups excluding carboxylic acids is 1. The van der Waals surface area contributed by atoms with E-state index in [-0.39, 0.29) is 11.9 Å². The van der Waals surface area contributed by atoms with Gasteiger partial charge < -0.3 is 16.2 Å². The highest BCUT2D eigenvalue weighted by Crippen LogP contribution is 2.20. The summed E-state index contributed by atoms with van der Waals surface area (Å²) in [5.74, 6) is -0.186. The predicted molar refractivity (Wildman–Crippen MR) is 74.3 cm³/mol. The number of benzene rings is 1. The van der Waals surface area contributed by atoms with Crippen molar-refractivity contribution < 1.29 is 9.90 Å². The number of aliphatic hydroxyl groups is 1. The van der Waals surface area contributed by atoms with E-state index in [1.807, 2.05) is 0 Å². The molecule has 0 radical (unpaired) electrons. The van der Waals surface area contributed by atoms with E-state index in [4.69, 9.17) is 5.73 Å². The number of hydrogen-bond acceptors (Lipinski definition) is 3. The van der Waals surface area contributed by atoms with Crippen LogP contribution in [0.1, 0.15) is 36.0 Å². The fourth-order valence-electron chi connectivity index (χ4n) is 2.27. The molecular weight excluding hydrogens is 296 g/mol. The SMILES string of the molecule is Nc1cc(Br)cc(C(=O)N[C@@H]2CCCC[C@H]2O)c1. The Labute approximate surface area is 115 Å². The monoisotopic (exact) mass is 312 g/mol. The van der Waals surface area contributed by atoms with Crippen molar-refractivity contribution in [2.24, 2.45) is 0 Å². The van der Waals surface area contributed by atoms with Crippen LogP contribution in [-0.2, 0) is 0 Å². The molecule has 0 aliphatic heterocycles. The van der Waals surface area contributed by atoms with Gasteiger partial charge in [0.15, 0.2) is 0 Å². The van der Waals surface area contributed by atoms with Gasteiger partial charge in [0.05, 0.1) is 12.1 Å². The van der Waals surface area contributed by atoms with E-state index in [0.717, 1.165) is 30.2 Å². The fourth-order valence-corrected chi connectivity index (χ4v) is 2.79. The van der Waals surface area contributed by atoms with Gasteiger partial charge in [-0.1, -0.05) is 28.8 Å². The molecule has 18 heavy (non-hydrogen) atoms. The van der Waals surface area contributed by atoms with Crippen LogP contribution in [0.25, 0.3) is 0 Å². The van der Waals surface area contributed by atoms with Gasteiger partial charge >= 0.3 is 0 Å². The molecule has 0 bridgehead atoms. The number of amides is 1. The standard InChI is InChI=1S/C13H17BrN2O2/c14-9-5-8(6-10(15)7-9)13(18)16-11-3-1-2-4-12(11)17/h5-7,11-12,17H,1-4,15H2,(H,16,18)/t11-,12-/m1/s1. The van der Waals surface area contributed by atoms with Crippen molar-refractivity contribution in [2.45, 2.75) is 37.8 Å². The van der Waals surface area contributed by atoms with Gasteiger partial charge in [-0.3, -0.25) is 4.79 Å². The molecule has 0 aromatic heterocycles. The molecule has 0 saturated heterocycles. The average Bonchev–Trinajstić information content (AvgIpc) is 2.31. The van der Waals surface area contributed by atoms with Crippen LogP contribution in [0.15, 0.2) is 22.7 Å². The Bertz CT molecular complexity index is 430. The molecule has 5 heteroatoms. The second kappa shape index (κ2) is 5.71. The zero-order valence-electron chi connectivity index (χ0n) is 10.0. The maximum Gasteiger partial charge on any atom is 0.251 e. The minimum absolute atomic E-state index is 0.147.